The van der Waals surface area contributed by atoms with Crippen LogP contribution in [0.5, 0.6) is 5.75 Å². The number of halogens is 4. The number of alkyl halides is 3. The molecule has 1 amide bonds. The summed E-state index contributed by atoms with van der Waals surface area (Å²) in [6.45, 7) is 0. The van der Waals surface area contributed by atoms with Gasteiger partial charge in [0.25, 0.3) is 5.91 Å². The quantitative estimate of drug-likeness (QED) is 0.413. The van der Waals surface area contributed by atoms with Crippen LogP contribution in [-0.4, -0.2) is 27.6 Å². The van der Waals surface area contributed by atoms with E-state index in [1.165, 1.54) is 13.2 Å². The first-order chi connectivity index (χ1) is 14.8. The van der Waals surface area contributed by atoms with Gasteiger partial charge in [-0.1, -0.05) is 40.2 Å². The number of rotatable bonds is 4. The van der Waals surface area contributed by atoms with Gasteiger partial charge in [-0.2, -0.15) is 18.3 Å². The highest BCUT2D eigenvalue weighted by Gasteiger charge is 2.35. The highest BCUT2D eigenvalue weighted by Crippen LogP contribution is 2.33. The van der Waals surface area contributed by atoms with E-state index in [-0.39, 0.29) is 17.0 Å². The minimum absolute atomic E-state index is 0.0991. The van der Waals surface area contributed by atoms with Crippen LogP contribution < -0.4 is 10.1 Å². The molecule has 0 aliphatic rings. The van der Waals surface area contributed by atoms with Crippen LogP contribution in [0, 0.1) is 0 Å². The fraction of sp³-hybridized carbons (Fsp3) is 0.0952. The summed E-state index contributed by atoms with van der Waals surface area (Å²) < 4.78 is 47.7. The van der Waals surface area contributed by atoms with E-state index in [1.54, 1.807) is 48.5 Å². The van der Waals surface area contributed by atoms with Crippen LogP contribution in [0.15, 0.2) is 65.1 Å². The second kappa shape index (κ2) is 8.03. The molecule has 1 N–H and O–H groups in total. The zero-order valence-electron chi connectivity index (χ0n) is 15.9. The third-order valence-corrected chi connectivity index (χ3v) is 4.97. The molecule has 0 atom stereocenters. The van der Waals surface area contributed by atoms with Gasteiger partial charge in [-0.05, 0) is 30.3 Å². The summed E-state index contributed by atoms with van der Waals surface area (Å²) in [7, 11) is 1.44. The predicted octanol–water partition coefficient (Wildman–Crippen LogP) is 5.44. The van der Waals surface area contributed by atoms with E-state index in [9.17, 15) is 18.0 Å². The molecule has 0 aliphatic carbocycles. The minimum atomic E-state index is -4.70. The first kappa shape index (κ1) is 20.9. The SMILES string of the molecule is COc1ccccc1NC(=O)c1cc2nc(-c3ccc(Br)cc3)cc(C(F)(F)F)n2n1. The maximum atomic E-state index is 13.7. The molecule has 0 spiro atoms. The van der Waals surface area contributed by atoms with Gasteiger partial charge in [0.2, 0.25) is 0 Å². The van der Waals surface area contributed by atoms with Gasteiger partial charge in [-0.25, -0.2) is 9.50 Å². The van der Waals surface area contributed by atoms with Crippen LogP contribution in [0.4, 0.5) is 18.9 Å². The first-order valence-corrected chi connectivity index (χ1v) is 9.74. The summed E-state index contributed by atoms with van der Waals surface area (Å²) in [5.41, 5.74) is -0.366. The highest BCUT2D eigenvalue weighted by molar-refractivity contribution is 9.10. The fourth-order valence-electron chi connectivity index (χ4n) is 2.99. The number of nitrogens with zero attached hydrogens (tertiary/aromatic N) is 3. The number of ether oxygens (including phenoxy) is 1. The predicted molar refractivity (Wildman–Crippen MR) is 112 cm³/mol. The van der Waals surface area contributed by atoms with Crippen molar-refractivity contribution < 1.29 is 22.7 Å². The molecule has 0 bridgehead atoms. The Morgan fingerprint density at radius 1 is 1.10 bits per heavy atom. The molecule has 0 saturated carbocycles. The van der Waals surface area contributed by atoms with Crippen molar-refractivity contribution in [2.24, 2.45) is 0 Å². The summed E-state index contributed by atoms with van der Waals surface area (Å²) in [5, 5.41) is 6.45. The number of para-hydroxylation sites is 2. The average molecular weight is 491 g/mol. The second-order valence-corrected chi connectivity index (χ2v) is 7.40. The number of hydrogen-bond donors (Lipinski definition) is 1. The molecule has 31 heavy (non-hydrogen) atoms. The lowest BCUT2D eigenvalue weighted by atomic mass is 10.1. The van der Waals surface area contributed by atoms with E-state index in [1.807, 2.05) is 0 Å². The van der Waals surface area contributed by atoms with E-state index in [0.717, 1.165) is 10.5 Å². The fourth-order valence-corrected chi connectivity index (χ4v) is 3.25. The standard InChI is InChI=1S/C21H14BrF3N4O2/c1-31-17-5-3-2-4-14(17)27-20(30)16-11-19-26-15(12-6-8-13(22)9-7-12)10-18(21(23,24)25)29(19)28-16/h2-11H,1H3,(H,27,30). The van der Waals surface area contributed by atoms with Crippen molar-refractivity contribution >= 4 is 33.2 Å². The molecule has 2 heterocycles. The van der Waals surface area contributed by atoms with Gasteiger partial charge in [-0.15, -0.1) is 0 Å². The summed E-state index contributed by atoms with van der Waals surface area (Å²) in [6, 6.07) is 15.5. The monoisotopic (exact) mass is 490 g/mol. The van der Waals surface area contributed by atoms with Gasteiger partial charge in [0.15, 0.2) is 17.0 Å². The van der Waals surface area contributed by atoms with Gasteiger partial charge in [-0.3, -0.25) is 4.79 Å². The van der Waals surface area contributed by atoms with E-state index in [4.69, 9.17) is 4.74 Å². The summed E-state index contributed by atoms with van der Waals surface area (Å²) >= 11 is 3.29. The van der Waals surface area contributed by atoms with Crippen LogP contribution in [-0.2, 0) is 6.18 Å². The van der Waals surface area contributed by atoms with Crippen LogP contribution >= 0.6 is 15.9 Å². The molecule has 0 saturated heterocycles. The molecule has 10 heteroatoms. The lowest BCUT2D eigenvalue weighted by Crippen LogP contribution is -2.16. The molecule has 2 aromatic heterocycles. The van der Waals surface area contributed by atoms with Gasteiger partial charge in [0.1, 0.15) is 5.75 Å². The molecule has 0 radical (unpaired) electrons. The van der Waals surface area contributed by atoms with E-state index >= 15 is 0 Å². The number of benzene rings is 2. The van der Waals surface area contributed by atoms with E-state index in [2.05, 4.69) is 31.3 Å². The number of anilines is 1. The molecular weight excluding hydrogens is 477 g/mol. The number of carbonyl (C=O) groups excluding carboxylic acids is 1. The van der Waals surface area contributed by atoms with Crippen LogP contribution in [0.25, 0.3) is 16.9 Å². The summed E-state index contributed by atoms with van der Waals surface area (Å²) in [4.78, 5) is 16.9. The van der Waals surface area contributed by atoms with Gasteiger partial charge < -0.3 is 10.1 Å². The highest BCUT2D eigenvalue weighted by atomic mass is 79.9. The number of methoxy groups -OCH3 is 1. The van der Waals surface area contributed by atoms with Crippen LogP contribution in [0.1, 0.15) is 16.2 Å². The van der Waals surface area contributed by atoms with Crippen molar-refractivity contribution in [3.05, 3.63) is 76.5 Å². The molecule has 0 unspecified atom stereocenters. The average Bonchev–Trinajstić information content (AvgIpc) is 3.17. The number of amides is 1. The Balaban J connectivity index is 1.78. The van der Waals surface area contributed by atoms with Crippen molar-refractivity contribution in [3.63, 3.8) is 0 Å². The maximum Gasteiger partial charge on any atom is 0.433 e. The second-order valence-electron chi connectivity index (χ2n) is 6.49. The molecule has 4 aromatic rings. The van der Waals surface area contributed by atoms with Crippen molar-refractivity contribution in [3.8, 4) is 17.0 Å². The van der Waals surface area contributed by atoms with E-state index < -0.39 is 17.8 Å². The lowest BCUT2D eigenvalue weighted by molar-refractivity contribution is -0.142. The Morgan fingerprint density at radius 3 is 2.48 bits per heavy atom. The third-order valence-electron chi connectivity index (χ3n) is 4.45. The molecule has 0 aliphatic heterocycles. The number of hydrogen-bond acceptors (Lipinski definition) is 4. The molecule has 158 valence electrons. The van der Waals surface area contributed by atoms with Crippen molar-refractivity contribution in [2.45, 2.75) is 6.18 Å². The summed E-state index contributed by atoms with van der Waals surface area (Å²) in [6.07, 6.45) is -4.70. The third kappa shape index (κ3) is 4.24. The van der Waals surface area contributed by atoms with Crippen LogP contribution in [0.2, 0.25) is 0 Å². The Kier molecular flexibility index (Phi) is 5.40. The maximum absolute atomic E-state index is 13.7. The number of nitrogens with one attached hydrogen (secondary N) is 1. The zero-order valence-corrected chi connectivity index (χ0v) is 17.5. The normalized spacial score (nSPS) is 11.5. The number of aromatic nitrogens is 3. The minimum Gasteiger partial charge on any atom is -0.495 e. The van der Waals surface area contributed by atoms with Gasteiger partial charge in [0.05, 0.1) is 18.5 Å². The Hall–Kier alpha value is -3.40. The molecule has 2 aromatic carbocycles. The molecule has 4 rings (SSSR count). The topological polar surface area (TPSA) is 68.5 Å². The molecular formula is C21H14BrF3N4O2. The van der Waals surface area contributed by atoms with Crippen molar-refractivity contribution in [1.29, 1.82) is 0 Å². The summed E-state index contributed by atoms with van der Waals surface area (Å²) in [5.74, 6) is -0.278. The van der Waals surface area contributed by atoms with Gasteiger partial charge in [0, 0.05) is 16.1 Å². The van der Waals surface area contributed by atoms with Crippen molar-refractivity contribution in [1.82, 2.24) is 14.6 Å². The smallest absolute Gasteiger partial charge is 0.433 e. The molecule has 0 fully saturated rings. The largest absolute Gasteiger partial charge is 0.495 e. The first-order valence-electron chi connectivity index (χ1n) is 8.94. The number of fused-ring (bicyclic) bond motifs is 1. The van der Waals surface area contributed by atoms with Crippen LogP contribution in [0.3, 0.4) is 0 Å². The molecule has 6 nitrogen and oxygen atoms in total. The Labute approximate surface area is 182 Å². The Bertz CT molecular complexity index is 1270. The Morgan fingerprint density at radius 2 is 1.81 bits per heavy atom. The number of carbonyl (C=O) groups is 1. The van der Waals surface area contributed by atoms with Crippen molar-refractivity contribution in [2.75, 3.05) is 12.4 Å². The van der Waals surface area contributed by atoms with E-state index in [0.29, 0.717) is 21.5 Å². The van der Waals surface area contributed by atoms with Gasteiger partial charge >= 0.3 is 6.18 Å². The zero-order chi connectivity index (χ0) is 22.2. The lowest BCUT2D eigenvalue weighted by Gasteiger charge is -2.11.